The summed E-state index contributed by atoms with van der Waals surface area (Å²) >= 11 is 1.56. The van der Waals surface area contributed by atoms with Gasteiger partial charge in [0, 0.05) is 66.7 Å². The Hall–Kier alpha value is -2.77. The molecule has 0 radical (unpaired) electrons. The third-order valence-electron chi connectivity index (χ3n) is 13.3. The Kier molecular flexibility index (Phi) is 15.1. The van der Waals surface area contributed by atoms with Crippen LogP contribution in [-0.4, -0.2) is 102 Å². The van der Waals surface area contributed by atoms with Crippen molar-refractivity contribution in [2.45, 2.75) is 152 Å². The van der Waals surface area contributed by atoms with Crippen molar-refractivity contribution in [3.05, 3.63) is 36.7 Å². The summed E-state index contributed by atoms with van der Waals surface area (Å²) < 4.78 is 5.46. The van der Waals surface area contributed by atoms with Crippen molar-refractivity contribution in [2.75, 3.05) is 62.6 Å². The van der Waals surface area contributed by atoms with E-state index in [1.54, 1.807) is 11.8 Å². The molecule has 11 nitrogen and oxygen atoms in total. The van der Waals surface area contributed by atoms with Crippen LogP contribution in [0.2, 0.25) is 0 Å². The molecular weight excluding hydrogens is 723 g/mol. The highest BCUT2D eigenvalue weighted by molar-refractivity contribution is 7.99. The van der Waals surface area contributed by atoms with E-state index in [2.05, 4.69) is 53.2 Å². The van der Waals surface area contributed by atoms with Gasteiger partial charge in [-0.3, -0.25) is 19.3 Å². The molecule has 3 aliphatic heterocycles. The van der Waals surface area contributed by atoms with Gasteiger partial charge < -0.3 is 19.9 Å². The van der Waals surface area contributed by atoms with Crippen molar-refractivity contribution in [1.82, 2.24) is 25.2 Å². The molecule has 310 valence electrons. The number of carbonyl (C=O) groups is 2. The summed E-state index contributed by atoms with van der Waals surface area (Å²) in [5, 5.41) is 3.93. The maximum absolute atomic E-state index is 12.8. The number of ether oxygens (including phenoxy) is 1. The number of likely N-dealkylation sites (tertiary alicyclic amines) is 2. The SMILES string of the molecule is CCOC(=O)C1(CC)CCC(N2CCC3(CN(CCCCCCC(=O)Nc4cccc(Sc5cnc(N6CCC(C)(NOC(C)CC)CC6)cn5)c4)C3)C2)CC1. The summed E-state index contributed by atoms with van der Waals surface area (Å²) in [6.07, 6.45) is 18.1. The topological polar surface area (TPSA) is 112 Å². The van der Waals surface area contributed by atoms with E-state index in [1.807, 2.05) is 43.6 Å². The maximum atomic E-state index is 12.8. The molecule has 1 aromatic heterocycles. The molecule has 1 unspecified atom stereocenters. The van der Waals surface area contributed by atoms with Crippen LogP contribution in [0.1, 0.15) is 125 Å². The van der Waals surface area contributed by atoms with Gasteiger partial charge >= 0.3 is 5.97 Å². The second-order valence-electron chi connectivity index (χ2n) is 17.6. The van der Waals surface area contributed by atoms with E-state index in [9.17, 15) is 9.59 Å². The Morgan fingerprint density at radius 2 is 1.71 bits per heavy atom. The van der Waals surface area contributed by atoms with E-state index in [0.717, 1.165) is 112 Å². The van der Waals surface area contributed by atoms with E-state index in [4.69, 9.17) is 19.5 Å². The predicted molar refractivity (Wildman–Crippen MR) is 225 cm³/mol. The minimum absolute atomic E-state index is 0.0286. The minimum Gasteiger partial charge on any atom is -0.466 e. The summed E-state index contributed by atoms with van der Waals surface area (Å²) in [6.45, 7) is 18.8. The van der Waals surface area contributed by atoms with Gasteiger partial charge in [-0.1, -0.05) is 44.5 Å². The van der Waals surface area contributed by atoms with Crippen molar-refractivity contribution in [2.24, 2.45) is 10.8 Å². The zero-order valence-corrected chi connectivity index (χ0v) is 35.8. The smallest absolute Gasteiger partial charge is 0.312 e. The van der Waals surface area contributed by atoms with Crippen LogP contribution in [0.15, 0.2) is 46.6 Å². The van der Waals surface area contributed by atoms with Gasteiger partial charge in [-0.25, -0.2) is 9.97 Å². The molecule has 12 heteroatoms. The number of hydroxylamine groups is 1. The van der Waals surface area contributed by atoms with Crippen molar-refractivity contribution >= 4 is 35.1 Å². The highest BCUT2D eigenvalue weighted by atomic mass is 32.2. The maximum Gasteiger partial charge on any atom is 0.312 e. The van der Waals surface area contributed by atoms with E-state index >= 15 is 0 Å². The fraction of sp³-hybridized carbons (Fsp3) is 0.727. The first-order chi connectivity index (χ1) is 27.1. The standard InChI is InChI=1S/C44H69N7O4S/c1-6-34(4)55-48-42(5)21-25-50(26-22-42)38-29-46-40(30-45-38)56-37-15-13-14-35(28-37)47-39(52)16-11-9-10-12-24-49-31-43(32-49)23-27-51(33-43)36-17-19-44(7-2,20-18-36)41(53)54-8-3/h13-15,28-30,34,36,48H,6-12,16-27,31-33H2,1-5H3,(H,47,52). The molecule has 4 heterocycles. The lowest BCUT2D eigenvalue weighted by Gasteiger charge is -2.49. The first-order valence-corrected chi connectivity index (χ1v) is 22.6. The lowest BCUT2D eigenvalue weighted by Crippen LogP contribution is -2.58. The first kappa shape index (κ1) is 42.8. The minimum atomic E-state index is -0.253. The fourth-order valence-electron chi connectivity index (χ4n) is 9.25. The molecule has 6 rings (SSSR count). The van der Waals surface area contributed by atoms with Crippen LogP contribution in [0.25, 0.3) is 0 Å². The van der Waals surface area contributed by atoms with Crippen LogP contribution in [-0.2, 0) is 19.2 Å². The molecule has 1 spiro atoms. The lowest BCUT2D eigenvalue weighted by molar-refractivity contribution is -0.158. The van der Waals surface area contributed by atoms with Crippen molar-refractivity contribution < 1.29 is 19.2 Å². The fourth-order valence-corrected chi connectivity index (χ4v) is 10.0. The van der Waals surface area contributed by atoms with E-state index < -0.39 is 0 Å². The number of anilines is 2. The van der Waals surface area contributed by atoms with Crippen molar-refractivity contribution in [3.63, 3.8) is 0 Å². The molecule has 1 aliphatic carbocycles. The first-order valence-electron chi connectivity index (χ1n) is 21.8. The number of hydrogen-bond donors (Lipinski definition) is 2. The normalized spacial score (nSPS) is 24.2. The summed E-state index contributed by atoms with van der Waals surface area (Å²) in [6, 6.07) is 8.61. The monoisotopic (exact) mass is 792 g/mol. The number of carbonyl (C=O) groups excluding carboxylic acids is 2. The number of piperidine rings is 1. The Morgan fingerprint density at radius 1 is 0.946 bits per heavy atom. The van der Waals surface area contributed by atoms with Gasteiger partial charge in [0.15, 0.2) is 0 Å². The predicted octanol–water partition coefficient (Wildman–Crippen LogP) is 8.11. The van der Waals surface area contributed by atoms with Gasteiger partial charge in [-0.15, -0.1) is 0 Å². The largest absolute Gasteiger partial charge is 0.466 e. The zero-order chi connectivity index (χ0) is 39.6. The van der Waals surface area contributed by atoms with E-state index in [0.29, 0.717) is 24.5 Å². The van der Waals surface area contributed by atoms with Gasteiger partial charge in [0.05, 0.1) is 30.5 Å². The van der Waals surface area contributed by atoms with Gasteiger partial charge in [0.2, 0.25) is 5.91 Å². The third kappa shape index (κ3) is 11.2. The molecular formula is C44H69N7O4S. The Morgan fingerprint density at radius 3 is 2.41 bits per heavy atom. The zero-order valence-electron chi connectivity index (χ0n) is 35.0. The van der Waals surface area contributed by atoms with Crippen molar-refractivity contribution in [1.29, 1.82) is 0 Å². The van der Waals surface area contributed by atoms with Crippen LogP contribution in [0.3, 0.4) is 0 Å². The highest BCUT2D eigenvalue weighted by Gasteiger charge is 2.50. The van der Waals surface area contributed by atoms with Crippen LogP contribution >= 0.6 is 11.8 Å². The van der Waals surface area contributed by atoms with Gasteiger partial charge in [0.25, 0.3) is 0 Å². The number of hydrogen-bond acceptors (Lipinski definition) is 11. The van der Waals surface area contributed by atoms with Gasteiger partial charge in [-0.2, -0.15) is 5.48 Å². The second-order valence-corrected chi connectivity index (χ2v) is 18.7. The molecule has 3 saturated heterocycles. The van der Waals surface area contributed by atoms with Gasteiger partial charge in [0.1, 0.15) is 10.8 Å². The third-order valence-corrected chi connectivity index (χ3v) is 14.2. The number of rotatable bonds is 19. The number of amides is 1. The summed E-state index contributed by atoms with van der Waals surface area (Å²) in [5.41, 5.74) is 4.33. The van der Waals surface area contributed by atoms with Crippen LogP contribution in [0.5, 0.6) is 0 Å². The lowest BCUT2D eigenvalue weighted by atomic mass is 9.70. The molecule has 1 aromatic carbocycles. The molecule has 1 atom stereocenters. The van der Waals surface area contributed by atoms with Gasteiger partial charge in [-0.05, 0) is 123 Å². The number of nitrogens with zero attached hydrogens (tertiary/aromatic N) is 5. The molecule has 2 N–H and O–H groups in total. The molecule has 1 amide bonds. The van der Waals surface area contributed by atoms with Crippen LogP contribution in [0, 0.1) is 10.8 Å². The van der Waals surface area contributed by atoms with Crippen LogP contribution < -0.4 is 15.7 Å². The number of nitrogens with one attached hydrogen (secondary N) is 2. The van der Waals surface area contributed by atoms with Crippen LogP contribution in [0.4, 0.5) is 11.5 Å². The molecule has 56 heavy (non-hydrogen) atoms. The highest BCUT2D eigenvalue weighted by Crippen LogP contribution is 2.46. The average molecular weight is 792 g/mol. The molecule has 4 aliphatic rings. The average Bonchev–Trinajstić information content (AvgIpc) is 3.65. The van der Waals surface area contributed by atoms with Crippen molar-refractivity contribution in [3.8, 4) is 0 Å². The quantitative estimate of drug-likeness (QED) is 0.0818. The molecule has 2 aromatic rings. The molecule has 1 saturated carbocycles. The summed E-state index contributed by atoms with van der Waals surface area (Å²) in [5.74, 6) is 1.00. The summed E-state index contributed by atoms with van der Waals surface area (Å²) in [4.78, 5) is 49.4. The van der Waals surface area contributed by atoms with E-state index in [1.165, 1.54) is 39.0 Å². The number of esters is 1. The Labute approximate surface area is 340 Å². The molecule has 0 bridgehead atoms. The Bertz CT molecular complexity index is 1550. The number of unbranched alkanes of at least 4 members (excludes halogenated alkanes) is 3. The van der Waals surface area contributed by atoms with E-state index in [-0.39, 0.29) is 28.9 Å². The summed E-state index contributed by atoms with van der Waals surface area (Å²) in [7, 11) is 0. The number of benzene rings is 1. The number of aromatic nitrogens is 2. The molecule has 4 fully saturated rings. The Balaban J connectivity index is 0.820. The second kappa shape index (κ2) is 19.8.